The monoisotopic (exact) mass is 384 g/mol. The van der Waals surface area contributed by atoms with Crippen LogP contribution in [-0.4, -0.2) is 83.4 Å². The van der Waals surface area contributed by atoms with Gasteiger partial charge in [0, 0.05) is 0 Å². The molecule has 6 nitrogen and oxygen atoms in total. The van der Waals surface area contributed by atoms with Crippen LogP contribution in [0.5, 0.6) is 0 Å². The molecule has 1 rings (SSSR count). The Bertz CT molecular complexity index is 346. The number of hydrogen-bond acceptors (Lipinski definition) is 2. The third-order valence-corrected chi connectivity index (χ3v) is 5.83. The second-order valence-electron chi connectivity index (χ2n) is 6.28. The van der Waals surface area contributed by atoms with Crippen LogP contribution in [0.4, 0.5) is 9.59 Å². The molecule has 1 heterocycles. The number of rotatable bonds is 10. The van der Waals surface area contributed by atoms with Gasteiger partial charge in [-0.3, -0.25) is 0 Å². The topological polar surface area (TPSA) is 40.6 Å². The van der Waals surface area contributed by atoms with Crippen molar-refractivity contribution in [1.29, 1.82) is 0 Å². The Morgan fingerprint density at radius 1 is 0.583 bits per heavy atom. The molecule has 0 unspecified atom stereocenters. The molecule has 0 saturated carbocycles. The fourth-order valence-electron chi connectivity index (χ4n) is 3.19. The lowest BCUT2D eigenvalue weighted by atomic mass is 10.3. The zero-order valence-electron chi connectivity index (χ0n) is 16.0. The smallest absolute Gasteiger partial charge is 0.345 e. The van der Waals surface area contributed by atoms with Crippen molar-refractivity contribution in [3.63, 3.8) is 0 Å². The summed E-state index contributed by atoms with van der Waals surface area (Å²) in [4.78, 5) is 27.7. The van der Waals surface area contributed by atoms with Crippen LogP contribution >= 0.6 is 0 Å². The summed E-state index contributed by atoms with van der Waals surface area (Å²) >= 11 is 0. The highest BCUT2D eigenvalue weighted by atomic mass is 35.5. The molecule has 4 amide bonds. The molecule has 8 heteroatoms. The maximum Gasteiger partial charge on any atom is 0.345 e. The summed E-state index contributed by atoms with van der Waals surface area (Å²) in [6, 6.07) is -0.249. The second-order valence-corrected chi connectivity index (χ2v) is 6.28. The van der Waals surface area contributed by atoms with Crippen molar-refractivity contribution in [3.05, 3.63) is 0 Å². The van der Waals surface area contributed by atoms with Crippen molar-refractivity contribution in [1.82, 2.24) is 9.80 Å². The van der Waals surface area contributed by atoms with Gasteiger partial charge in [-0.05, 0) is 41.5 Å². The quantitative estimate of drug-likeness (QED) is 0.367. The van der Waals surface area contributed by atoms with Gasteiger partial charge in [-0.2, -0.15) is 9.80 Å². The van der Waals surface area contributed by atoms with Crippen LogP contribution in [0.2, 0.25) is 0 Å². The molecule has 24 heavy (non-hydrogen) atoms. The van der Waals surface area contributed by atoms with E-state index in [0.29, 0.717) is 13.3 Å². The maximum absolute atomic E-state index is 12.4. The summed E-state index contributed by atoms with van der Waals surface area (Å²) in [5.74, 6) is 0. The molecule has 1 aliphatic rings. The fourth-order valence-corrected chi connectivity index (χ4v) is 3.19. The first-order valence-electron chi connectivity index (χ1n) is 8.71. The van der Waals surface area contributed by atoms with Gasteiger partial charge in [0.05, 0.1) is 39.3 Å². The van der Waals surface area contributed by atoms with E-state index in [1.807, 2.05) is 0 Å². The summed E-state index contributed by atoms with van der Waals surface area (Å²) in [5, 5.41) is 0. The van der Waals surface area contributed by atoms with Crippen LogP contribution in [0, 0.1) is 0 Å². The van der Waals surface area contributed by atoms with E-state index >= 15 is 0 Å². The third-order valence-electron chi connectivity index (χ3n) is 5.83. The average Bonchev–Trinajstić information content (AvgIpc) is 2.58. The van der Waals surface area contributed by atoms with Crippen molar-refractivity contribution in [2.24, 2.45) is 0 Å². The molecule has 144 valence electrons. The number of carbonyl (C=O) groups is 2. The van der Waals surface area contributed by atoms with Crippen LogP contribution in [0.1, 0.15) is 41.5 Å². The van der Waals surface area contributed by atoms with Gasteiger partial charge in [0.2, 0.25) is 0 Å². The van der Waals surface area contributed by atoms with E-state index in [1.54, 1.807) is 0 Å². The van der Waals surface area contributed by atoms with Crippen molar-refractivity contribution < 1.29 is 43.4 Å². The molecule has 0 aromatic carbocycles. The van der Waals surface area contributed by atoms with E-state index < -0.39 is 0 Å². The normalized spacial score (nSPS) is 14.9. The largest absolute Gasteiger partial charge is 1.00 e. The van der Waals surface area contributed by atoms with Gasteiger partial charge in [0.15, 0.2) is 13.3 Å². The van der Waals surface area contributed by atoms with Crippen LogP contribution in [-0.2, 0) is 0 Å². The summed E-state index contributed by atoms with van der Waals surface area (Å²) < 4.78 is 1.56. The van der Waals surface area contributed by atoms with Gasteiger partial charge in [-0.15, -0.1) is 0 Å². The van der Waals surface area contributed by atoms with Gasteiger partial charge < -0.3 is 33.8 Å². The molecule has 0 atom stereocenters. The summed E-state index contributed by atoms with van der Waals surface area (Å²) in [6.07, 6.45) is 0. The number of halogens is 2. The number of carbonyl (C=O) groups excluding carboxylic acids is 2. The van der Waals surface area contributed by atoms with Crippen LogP contribution < -0.4 is 24.8 Å². The van der Waals surface area contributed by atoms with Crippen molar-refractivity contribution in [3.8, 4) is 0 Å². The Morgan fingerprint density at radius 3 is 0.958 bits per heavy atom. The van der Waals surface area contributed by atoms with Gasteiger partial charge in [-0.25, -0.2) is 9.59 Å². The van der Waals surface area contributed by atoms with E-state index in [1.165, 1.54) is 9.80 Å². The lowest BCUT2D eigenvalue weighted by molar-refractivity contribution is -0.934. The molecule has 0 aromatic heterocycles. The minimum Gasteiger partial charge on any atom is -1.00 e. The Morgan fingerprint density at radius 2 is 0.792 bits per heavy atom. The first-order chi connectivity index (χ1) is 10.4. The van der Waals surface area contributed by atoms with E-state index in [4.69, 9.17) is 0 Å². The summed E-state index contributed by atoms with van der Waals surface area (Å²) in [7, 11) is 0. The van der Waals surface area contributed by atoms with Crippen molar-refractivity contribution in [2.75, 3.05) is 52.6 Å². The van der Waals surface area contributed by atoms with Crippen LogP contribution in [0.25, 0.3) is 0 Å². The van der Waals surface area contributed by atoms with E-state index in [-0.39, 0.29) is 36.9 Å². The van der Waals surface area contributed by atoms with E-state index in [2.05, 4.69) is 41.5 Å². The number of urea groups is 2. The number of quaternary nitrogens is 2. The minimum atomic E-state index is -0.124. The lowest BCUT2D eigenvalue weighted by Gasteiger charge is -2.47. The molecule has 1 saturated heterocycles. The second kappa shape index (κ2) is 10.4. The van der Waals surface area contributed by atoms with Crippen LogP contribution in [0.3, 0.4) is 0 Å². The fraction of sp³-hybridized carbons (Fsp3) is 0.875. The molecule has 1 aliphatic heterocycles. The van der Waals surface area contributed by atoms with E-state index in [0.717, 1.165) is 48.2 Å². The summed E-state index contributed by atoms with van der Waals surface area (Å²) in [6.45, 7) is 19.3. The highest BCUT2D eigenvalue weighted by Gasteiger charge is 2.50. The SMILES string of the molecule is CC[N+](CC)(CC)CN1C(=O)N(C[N+](CC)(CC)CC)C1=O.[Cl-].[Cl-]. The average molecular weight is 385 g/mol. The molecule has 0 aliphatic carbocycles. The molecular formula is C16H34Cl2N4O2. The predicted octanol–water partition coefficient (Wildman–Crippen LogP) is -3.48. The highest BCUT2D eigenvalue weighted by Crippen LogP contribution is 2.22. The zero-order chi connectivity index (χ0) is 17.0. The molecule has 0 radical (unpaired) electrons. The van der Waals surface area contributed by atoms with Crippen LogP contribution in [0.15, 0.2) is 0 Å². The molecular weight excluding hydrogens is 351 g/mol. The van der Waals surface area contributed by atoms with Gasteiger partial charge in [-0.1, -0.05) is 0 Å². The Kier molecular flexibility index (Phi) is 11.2. The molecule has 0 bridgehead atoms. The van der Waals surface area contributed by atoms with Crippen molar-refractivity contribution >= 4 is 12.1 Å². The van der Waals surface area contributed by atoms with E-state index in [9.17, 15) is 9.59 Å². The predicted molar refractivity (Wildman–Crippen MR) is 88.0 cm³/mol. The highest BCUT2D eigenvalue weighted by molar-refractivity contribution is 6.11. The Balaban J connectivity index is 0. The Labute approximate surface area is 159 Å². The van der Waals surface area contributed by atoms with Gasteiger partial charge in [0.25, 0.3) is 0 Å². The first kappa shape index (κ1) is 25.7. The zero-order valence-corrected chi connectivity index (χ0v) is 17.5. The molecule has 0 N–H and O–H groups in total. The third kappa shape index (κ3) is 4.75. The van der Waals surface area contributed by atoms with Crippen molar-refractivity contribution in [2.45, 2.75) is 41.5 Å². The standard InChI is InChI=1S/C16H34N4O2.2ClH/c1-7-19(8-2,9-3)13-17-15(21)18(16(17)22)14-20(10-4,11-5)12-6;;/h7-14H2,1-6H3;2*1H/q+2;;/p-2. The number of amides is 4. The maximum atomic E-state index is 12.4. The molecule has 1 fully saturated rings. The number of hydrogen-bond donors (Lipinski definition) is 0. The minimum absolute atomic E-state index is 0. The summed E-state index contributed by atoms with van der Waals surface area (Å²) in [5.41, 5.74) is 0. The van der Waals surface area contributed by atoms with Gasteiger partial charge >= 0.3 is 12.1 Å². The first-order valence-corrected chi connectivity index (χ1v) is 8.71. The Hall–Kier alpha value is -0.560. The number of imide groups is 2. The molecule has 0 aromatic rings. The lowest BCUT2D eigenvalue weighted by Crippen LogP contribution is -3.00. The number of nitrogens with zero attached hydrogens (tertiary/aromatic N) is 4. The molecule has 0 spiro atoms. The van der Waals surface area contributed by atoms with Gasteiger partial charge in [0.1, 0.15) is 0 Å².